The van der Waals surface area contributed by atoms with E-state index in [1.165, 1.54) is 121 Å². The van der Waals surface area contributed by atoms with Gasteiger partial charge in [0, 0.05) is 17.5 Å². The van der Waals surface area contributed by atoms with E-state index in [9.17, 15) is 9.59 Å². The third kappa shape index (κ3) is 14.9. The van der Waals surface area contributed by atoms with Gasteiger partial charge in [0.15, 0.2) is 5.78 Å². The van der Waals surface area contributed by atoms with Crippen molar-refractivity contribution in [2.75, 3.05) is 6.61 Å². The van der Waals surface area contributed by atoms with Crippen molar-refractivity contribution in [1.82, 2.24) is 0 Å². The van der Waals surface area contributed by atoms with Crippen LogP contribution in [0.2, 0.25) is 0 Å². The highest BCUT2D eigenvalue weighted by atomic mass is 16.5. The van der Waals surface area contributed by atoms with Crippen molar-refractivity contribution in [3.8, 4) is 18.1 Å². The summed E-state index contributed by atoms with van der Waals surface area (Å²) in [6, 6.07) is 13.2. The molecule has 2 rings (SSSR count). The van der Waals surface area contributed by atoms with E-state index in [4.69, 9.17) is 16.3 Å². The Balaban J connectivity index is 1.38. The molecule has 0 radical (unpaired) electrons. The SMILES string of the molecule is C#CCCCCCCCCCCCCCCCCCCCCOc1ccc(C(=O)c2ccc(C(=O)O)cc2)cc1. The maximum Gasteiger partial charge on any atom is 0.335 e. The fraction of sp³-hybridized carbons (Fsp3) is 0.556. The number of aromatic carboxylic acids is 1. The van der Waals surface area contributed by atoms with Crippen LogP contribution in [-0.2, 0) is 0 Å². The quantitative estimate of drug-likeness (QED) is 0.0808. The number of hydrogen-bond donors (Lipinski definition) is 1. The second-order valence-electron chi connectivity index (χ2n) is 10.9. The lowest BCUT2D eigenvalue weighted by atomic mass is 10.0. The Morgan fingerprint density at radius 2 is 0.900 bits per heavy atom. The van der Waals surface area contributed by atoms with Crippen molar-refractivity contribution >= 4 is 11.8 Å². The summed E-state index contributed by atoms with van der Waals surface area (Å²) in [4.78, 5) is 23.6. The molecule has 0 aliphatic rings. The zero-order valence-electron chi connectivity index (χ0n) is 24.5. The van der Waals surface area contributed by atoms with E-state index in [1.807, 2.05) is 12.1 Å². The number of unbranched alkanes of at least 4 members (excludes halogenated alkanes) is 18. The summed E-state index contributed by atoms with van der Waals surface area (Å²) in [5, 5.41) is 8.99. The molecule has 0 aromatic heterocycles. The highest BCUT2D eigenvalue weighted by molar-refractivity contribution is 6.09. The van der Waals surface area contributed by atoms with Gasteiger partial charge in [0.05, 0.1) is 12.2 Å². The van der Waals surface area contributed by atoms with Crippen molar-refractivity contribution in [3.63, 3.8) is 0 Å². The molecule has 0 saturated carbocycles. The number of ether oxygens (including phenoxy) is 1. The summed E-state index contributed by atoms with van der Waals surface area (Å²) in [5.74, 6) is 2.36. The summed E-state index contributed by atoms with van der Waals surface area (Å²) < 4.78 is 5.84. The van der Waals surface area contributed by atoms with Crippen LogP contribution < -0.4 is 4.74 Å². The van der Waals surface area contributed by atoms with Crippen LogP contribution in [0.15, 0.2) is 48.5 Å². The Labute approximate surface area is 242 Å². The van der Waals surface area contributed by atoms with Crippen LogP contribution in [0.25, 0.3) is 0 Å². The predicted molar refractivity (Wildman–Crippen MR) is 165 cm³/mol. The maximum absolute atomic E-state index is 12.6. The minimum absolute atomic E-state index is 0.131. The van der Waals surface area contributed by atoms with Gasteiger partial charge >= 0.3 is 5.97 Å². The number of hydrogen-bond acceptors (Lipinski definition) is 3. The number of terminal acetylenes is 1. The summed E-state index contributed by atoms with van der Waals surface area (Å²) >= 11 is 0. The van der Waals surface area contributed by atoms with Gasteiger partial charge in [-0.05, 0) is 49.2 Å². The van der Waals surface area contributed by atoms with Crippen molar-refractivity contribution in [1.29, 1.82) is 0 Å². The molecule has 0 aliphatic carbocycles. The van der Waals surface area contributed by atoms with Crippen LogP contribution in [0.1, 0.15) is 148 Å². The van der Waals surface area contributed by atoms with Gasteiger partial charge in [-0.3, -0.25) is 4.79 Å². The zero-order chi connectivity index (χ0) is 28.7. The highest BCUT2D eigenvalue weighted by Gasteiger charge is 2.10. The Morgan fingerprint density at radius 1 is 0.550 bits per heavy atom. The van der Waals surface area contributed by atoms with Gasteiger partial charge in [0.2, 0.25) is 0 Å². The number of rotatable bonds is 24. The first-order valence-corrected chi connectivity index (χ1v) is 15.7. The Kier molecular flexibility index (Phi) is 18.0. The second-order valence-corrected chi connectivity index (χ2v) is 10.9. The number of benzene rings is 2. The van der Waals surface area contributed by atoms with Gasteiger partial charge < -0.3 is 9.84 Å². The van der Waals surface area contributed by atoms with Crippen LogP contribution >= 0.6 is 0 Å². The lowest BCUT2D eigenvalue weighted by molar-refractivity contribution is 0.0696. The Hall–Kier alpha value is -3.06. The largest absolute Gasteiger partial charge is 0.494 e. The number of carbonyl (C=O) groups is 2. The minimum atomic E-state index is -1.00. The molecule has 4 heteroatoms. The van der Waals surface area contributed by atoms with Crippen LogP contribution in [0, 0.1) is 12.3 Å². The van der Waals surface area contributed by atoms with Crippen molar-refractivity contribution < 1.29 is 19.4 Å². The van der Waals surface area contributed by atoms with E-state index < -0.39 is 5.97 Å². The molecule has 2 aromatic rings. The highest BCUT2D eigenvalue weighted by Crippen LogP contribution is 2.18. The van der Waals surface area contributed by atoms with Crippen LogP contribution in [0.4, 0.5) is 0 Å². The van der Waals surface area contributed by atoms with E-state index in [1.54, 1.807) is 24.3 Å². The molecule has 0 aliphatic heterocycles. The standard InChI is InChI=1S/C36H50O4/c1-2-3-4-5-6-7-8-9-10-11-12-13-14-15-16-17-18-19-20-21-30-40-34-28-26-32(27-29-34)35(37)31-22-24-33(25-23-31)36(38)39/h1,22-29H,3-21,30H2,(H,38,39). The van der Waals surface area contributed by atoms with E-state index >= 15 is 0 Å². The van der Waals surface area contributed by atoms with E-state index in [-0.39, 0.29) is 11.3 Å². The molecule has 1 N–H and O–H groups in total. The molecule has 0 saturated heterocycles. The molecule has 40 heavy (non-hydrogen) atoms. The summed E-state index contributed by atoms with van der Waals surface area (Å²) in [6.07, 6.45) is 30.2. The third-order valence-electron chi connectivity index (χ3n) is 7.49. The molecule has 2 aromatic carbocycles. The van der Waals surface area contributed by atoms with Gasteiger partial charge in [0.25, 0.3) is 0 Å². The Morgan fingerprint density at radius 3 is 1.30 bits per heavy atom. The predicted octanol–water partition coefficient (Wildman–Crippen LogP) is 10.0. The molecule has 218 valence electrons. The maximum atomic E-state index is 12.6. The minimum Gasteiger partial charge on any atom is -0.494 e. The van der Waals surface area contributed by atoms with Crippen LogP contribution in [0.3, 0.4) is 0 Å². The fourth-order valence-corrected chi connectivity index (χ4v) is 4.98. The summed E-state index contributed by atoms with van der Waals surface area (Å²) in [6.45, 7) is 0.691. The summed E-state index contributed by atoms with van der Waals surface area (Å²) in [7, 11) is 0. The van der Waals surface area contributed by atoms with Crippen LogP contribution in [-0.4, -0.2) is 23.5 Å². The topological polar surface area (TPSA) is 63.6 Å². The molecule has 0 unspecified atom stereocenters. The average Bonchev–Trinajstić information content (AvgIpc) is 2.98. The molecule has 0 atom stereocenters. The van der Waals surface area contributed by atoms with Crippen molar-refractivity contribution in [2.45, 2.75) is 122 Å². The molecular weight excluding hydrogens is 496 g/mol. The van der Waals surface area contributed by atoms with E-state index in [0.29, 0.717) is 17.7 Å². The van der Waals surface area contributed by atoms with Crippen molar-refractivity contribution in [2.24, 2.45) is 0 Å². The number of carbonyl (C=O) groups excluding carboxylic acids is 1. The summed E-state index contributed by atoms with van der Waals surface area (Å²) in [5.41, 5.74) is 1.20. The first kappa shape index (κ1) is 33.1. The first-order chi connectivity index (χ1) is 19.6. The molecule has 4 nitrogen and oxygen atoms in total. The molecule has 0 spiro atoms. The third-order valence-corrected chi connectivity index (χ3v) is 7.49. The normalized spacial score (nSPS) is 10.8. The van der Waals surface area contributed by atoms with Crippen molar-refractivity contribution in [3.05, 3.63) is 65.2 Å². The molecule has 0 bridgehead atoms. The lowest BCUT2D eigenvalue weighted by Gasteiger charge is -2.08. The first-order valence-electron chi connectivity index (χ1n) is 15.7. The number of ketones is 1. The zero-order valence-corrected chi connectivity index (χ0v) is 24.5. The molecular formula is C36H50O4. The van der Waals surface area contributed by atoms with Gasteiger partial charge in [0.1, 0.15) is 5.75 Å². The fourth-order valence-electron chi connectivity index (χ4n) is 4.98. The molecule has 0 fully saturated rings. The van der Waals surface area contributed by atoms with Gasteiger partial charge in [-0.15, -0.1) is 12.3 Å². The van der Waals surface area contributed by atoms with Gasteiger partial charge in [-0.1, -0.05) is 115 Å². The van der Waals surface area contributed by atoms with Crippen LogP contribution in [0.5, 0.6) is 5.75 Å². The van der Waals surface area contributed by atoms with E-state index in [0.717, 1.165) is 18.6 Å². The number of carboxylic acid groups (broad SMARTS) is 1. The Bertz CT molecular complexity index is 985. The van der Waals surface area contributed by atoms with Gasteiger partial charge in [-0.2, -0.15) is 0 Å². The monoisotopic (exact) mass is 546 g/mol. The number of carboxylic acids is 1. The average molecular weight is 547 g/mol. The van der Waals surface area contributed by atoms with Gasteiger partial charge in [-0.25, -0.2) is 4.79 Å². The molecule has 0 heterocycles. The van der Waals surface area contributed by atoms with E-state index in [2.05, 4.69) is 5.92 Å². The molecule has 0 amide bonds. The lowest BCUT2D eigenvalue weighted by Crippen LogP contribution is -2.03. The smallest absolute Gasteiger partial charge is 0.335 e. The second kappa shape index (κ2) is 21.7.